The molecule has 3 aromatic rings. The van der Waals surface area contributed by atoms with Crippen molar-refractivity contribution in [3.05, 3.63) is 60.4 Å². The van der Waals surface area contributed by atoms with Crippen molar-refractivity contribution in [1.82, 2.24) is 9.97 Å². The van der Waals surface area contributed by atoms with Crippen LogP contribution in [-0.4, -0.2) is 17.0 Å². The normalized spacial score (nSPS) is 9.56. The Morgan fingerprint density at radius 3 is 2.19 bits per heavy atom. The largest absolute Gasteiger partial charge is 0.397 e. The highest BCUT2D eigenvalue weighted by Crippen LogP contribution is 2.26. The molecular weight excluding hydrogens is 336 g/mol. The lowest BCUT2D eigenvalue weighted by atomic mass is 10.1. The first-order chi connectivity index (χ1) is 13.1. The Morgan fingerprint density at radius 1 is 1.04 bits per heavy atom. The van der Waals surface area contributed by atoms with Crippen molar-refractivity contribution in [1.29, 1.82) is 5.26 Å². The summed E-state index contributed by atoms with van der Waals surface area (Å²) in [6.45, 7) is 4.25. The lowest BCUT2D eigenvalue weighted by Gasteiger charge is -2.11. The Bertz CT molecular complexity index is 898. The van der Waals surface area contributed by atoms with Crippen LogP contribution < -0.4 is 16.4 Å². The standard InChI is InChI=1S/C18H16N6.C3H8/c1-21-18-15(11-19)16(20)10-17(24-18)23-14-4-2-12(3-5-14)13-6-8-22-9-7-13;1-3-2/h2-10H,1H3,(H4,20,21,23,24);3H2,1-2H3. The zero-order valence-electron chi connectivity index (χ0n) is 15.8. The first kappa shape index (κ1) is 19.7. The number of aromatic nitrogens is 2. The molecule has 1 aromatic carbocycles. The van der Waals surface area contributed by atoms with Gasteiger partial charge in [-0.2, -0.15) is 5.26 Å². The van der Waals surface area contributed by atoms with Gasteiger partial charge in [-0.15, -0.1) is 0 Å². The van der Waals surface area contributed by atoms with Crippen molar-refractivity contribution in [2.75, 3.05) is 23.4 Å². The lowest BCUT2D eigenvalue weighted by Crippen LogP contribution is -2.04. The summed E-state index contributed by atoms with van der Waals surface area (Å²) in [6.07, 6.45) is 4.79. The molecule has 0 aliphatic heterocycles. The molecule has 0 atom stereocenters. The molecule has 4 N–H and O–H groups in total. The predicted octanol–water partition coefficient (Wildman–Crippen LogP) is 4.80. The first-order valence-electron chi connectivity index (χ1n) is 8.78. The van der Waals surface area contributed by atoms with Crippen LogP contribution in [0, 0.1) is 11.3 Å². The summed E-state index contributed by atoms with van der Waals surface area (Å²) in [6, 6.07) is 15.6. The molecular formula is C21H24N6. The molecule has 0 spiro atoms. The lowest BCUT2D eigenvalue weighted by molar-refractivity contribution is 1.09. The molecule has 0 amide bonds. The minimum atomic E-state index is 0.344. The number of nitrogens with two attached hydrogens (primary N) is 1. The number of hydrogen-bond donors (Lipinski definition) is 3. The minimum absolute atomic E-state index is 0.344. The van der Waals surface area contributed by atoms with E-state index in [1.54, 1.807) is 25.5 Å². The van der Waals surface area contributed by atoms with Crippen molar-refractivity contribution in [3.8, 4) is 17.2 Å². The van der Waals surface area contributed by atoms with E-state index >= 15 is 0 Å². The summed E-state index contributed by atoms with van der Waals surface area (Å²) in [5, 5.41) is 15.2. The second-order valence-corrected chi connectivity index (χ2v) is 5.83. The maximum atomic E-state index is 9.11. The summed E-state index contributed by atoms with van der Waals surface area (Å²) in [5.41, 5.74) is 9.73. The molecule has 6 nitrogen and oxygen atoms in total. The highest BCUT2D eigenvalue weighted by atomic mass is 15.1. The van der Waals surface area contributed by atoms with Gasteiger partial charge < -0.3 is 16.4 Å². The van der Waals surface area contributed by atoms with E-state index in [4.69, 9.17) is 11.0 Å². The van der Waals surface area contributed by atoms with Crippen molar-refractivity contribution in [2.45, 2.75) is 20.3 Å². The molecule has 0 bridgehead atoms. The van der Waals surface area contributed by atoms with Crippen LogP contribution in [0.3, 0.4) is 0 Å². The summed E-state index contributed by atoms with van der Waals surface area (Å²) in [7, 11) is 1.70. The van der Waals surface area contributed by atoms with E-state index in [0.717, 1.165) is 16.8 Å². The zero-order chi connectivity index (χ0) is 19.6. The smallest absolute Gasteiger partial charge is 0.148 e. The Labute approximate surface area is 160 Å². The van der Waals surface area contributed by atoms with E-state index < -0.39 is 0 Å². The fourth-order valence-electron chi connectivity index (χ4n) is 2.37. The maximum Gasteiger partial charge on any atom is 0.148 e. The predicted molar refractivity (Wildman–Crippen MR) is 112 cm³/mol. The summed E-state index contributed by atoms with van der Waals surface area (Å²) >= 11 is 0. The molecule has 0 fully saturated rings. The fraction of sp³-hybridized carbons (Fsp3) is 0.190. The second-order valence-electron chi connectivity index (χ2n) is 5.83. The van der Waals surface area contributed by atoms with Gasteiger partial charge in [0.25, 0.3) is 0 Å². The third-order valence-electron chi connectivity index (χ3n) is 3.57. The molecule has 0 saturated heterocycles. The summed E-state index contributed by atoms with van der Waals surface area (Å²) in [5.74, 6) is 1.03. The van der Waals surface area contributed by atoms with Gasteiger partial charge in [-0.25, -0.2) is 4.98 Å². The number of anilines is 4. The molecule has 2 aromatic heterocycles. The second kappa shape index (κ2) is 9.78. The van der Waals surface area contributed by atoms with Crippen molar-refractivity contribution < 1.29 is 0 Å². The van der Waals surface area contributed by atoms with Gasteiger partial charge in [-0.3, -0.25) is 4.98 Å². The van der Waals surface area contributed by atoms with Crippen LogP contribution >= 0.6 is 0 Å². The molecule has 3 rings (SSSR count). The van der Waals surface area contributed by atoms with Gasteiger partial charge in [0.2, 0.25) is 0 Å². The van der Waals surface area contributed by atoms with Crippen molar-refractivity contribution in [3.63, 3.8) is 0 Å². The zero-order valence-corrected chi connectivity index (χ0v) is 15.8. The third-order valence-corrected chi connectivity index (χ3v) is 3.57. The number of nitrogens with zero attached hydrogens (tertiary/aromatic N) is 3. The van der Waals surface area contributed by atoms with Crippen LogP contribution in [0.1, 0.15) is 25.8 Å². The van der Waals surface area contributed by atoms with E-state index in [-0.39, 0.29) is 0 Å². The Balaban J connectivity index is 0.000000817. The number of hydrogen-bond acceptors (Lipinski definition) is 6. The van der Waals surface area contributed by atoms with Gasteiger partial charge in [0.15, 0.2) is 0 Å². The summed E-state index contributed by atoms with van der Waals surface area (Å²) < 4.78 is 0. The van der Waals surface area contributed by atoms with Crippen LogP contribution in [0.4, 0.5) is 23.0 Å². The highest BCUT2D eigenvalue weighted by molar-refractivity contribution is 5.73. The van der Waals surface area contributed by atoms with E-state index in [0.29, 0.717) is 22.9 Å². The van der Waals surface area contributed by atoms with Gasteiger partial charge in [0.05, 0.1) is 5.69 Å². The SMILES string of the molecule is CCC.CNc1nc(Nc2ccc(-c3ccncc3)cc2)cc(N)c1C#N. The van der Waals surface area contributed by atoms with Gasteiger partial charge >= 0.3 is 0 Å². The average Bonchev–Trinajstić information content (AvgIpc) is 2.69. The van der Waals surface area contributed by atoms with Gasteiger partial charge in [-0.1, -0.05) is 32.4 Å². The highest BCUT2D eigenvalue weighted by Gasteiger charge is 2.09. The van der Waals surface area contributed by atoms with E-state index in [1.165, 1.54) is 6.42 Å². The number of nitrogen functional groups attached to an aromatic ring is 1. The maximum absolute atomic E-state index is 9.11. The van der Waals surface area contributed by atoms with Crippen LogP contribution in [0.25, 0.3) is 11.1 Å². The molecule has 0 aliphatic rings. The van der Waals surface area contributed by atoms with Gasteiger partial charge in [-0.05, 0) is 35.4 Å². The number of nitrogens with one attached hydrogen (secondary N) is 2. The van der Waals surface area contributed by atoms with E-state index in [1.807, 2.05) is 42.5 Å². The Morgan fingerprint density at radius 2 is 1.63 bits per heavy atom. The number of benzene rings is 1. The number of pyridine rings is 2. The number of rotatable bonds is 4. The van der Waals surface area contributed by atoms with Crippen LogP contribution in [0.15, 0.2) is 54.9 Å². The van der Waals surface area contributed by atoms with Crippen LogP contribution in [-0.2, 0) is 0 Å². The topological polar surface area (TPSA) is 99.7 Å². The van der Waals surface area contributed by atoms with Gasteiger partial charge in [0, 0.05) is 31.2 Å². The van der Waals surface area contributed by atoms with Crippen LogP contribution in [0.5, 0.6) is 0 Å². The molecule has 0 saturated carbocycles. The van der Waals surface area contributed by atoms with Crippen molar-refractivity contribution in [2.24, 2.45) is 0 Å². The molecule has 6 heteroatoms. The Hall–Kier alpha value is -3.59. The van der Waals surface area contributed by atoms with Gasteiger partial charge in [0.1, 0.15) is 23.3 Å². The van der Waals surface area contributed by atoms with Crippen LogP contribution in [0.2, 0.25) is 0 Å². The molecule has 0 aliphatic carbocycles. The van der Waals surface area contributed by atoms with E-state index in [2.05, 4.69) is 34.4 Å². The quantitative estimate of drug-likeness (QED) is 0.618. The first-order valence-corrected chi connectivity index (χ1v) is 8.78. The number of nitriles is 1. The minimum Gasteiger partial charge on any atom is -0.397 e. The molecule has 2 heterocycles. The molecule has 0 unspecified atom stereocenters. The monoisotopic (exact) mass is 360 g/mol. The fourth-order valence-corrected chi connectivity index (χ4v) is 2.37. The van der Waals surface area contributed by atoms with E-state index in [9.17, 15) is 0 Å². The average molecular weight is 360 g/mol. The molecule has 27 heavy (non-hydrogen) atoms. The molecule has 0 radical (unpaired) electrons. The third kappa shape index (κ3) is 5.19. The molecule has 138 valence electrons. The summed E-state index contributed by atoms with van der Waals surface area (Å²) in [4.78, 5) is 8.39. The Kier molecular flexibility index (Phi) is 7.15. The van der Waals surface area contributed by atoms with Crippen molar-refractivity contribution >= 4 is 23.0 Å².